The van der Waals surface area contributed by atoms with Gasteiger partial charge in [0.25, 0.3) is 0 Å². The molecule has 3 heteroatoms. The third kappa shape index (κ3) is 1.92. The number of rotatable bonds is 1. The fraction of sp³-hybridized carbons (Fsp3) is 0.533. The molecule has 0 radical (unpaired) electrons. The van der Waals surface area contributed by atoms with Crippen LogP contribution in [0.4, 0.5) is 0 Å². The third-order valence-corrected chi connectivity index (χ3v) is 4.29. The Morgan fingerprint density at radius 3 is 2.56 bits per heavy atom. The minimum atomic E-state index is -0.826. The van der Waals surface area contributed by atoms with Gasteiger partial charge in [0.1, 0.15) is 0 Å². The molecule has 18 heavy (non-hydrogen) atoms. The Kier molecular flexibility index (Phi) is 2.85. The van der Waals surface area contributed by atoms with Gasteiger partial charge in [-0.05, 0) is 31.7 Å². The topological polar surface area (TPSA) is 56.0 Å². The molecule has 2 aliphatic rings. The van der Waals surface area contributed by atoms with Crippen molar-refractivity contribution in [1.82, 2.24) is 5.32 Å². The van der Waals surface area contributed by atoms with E-state index < -0.39 is 5.60 Å². The molecule has 0 aromatic heterocycles. The molecule has 94 valence electrons. The average Bonchev–Trinajstić information content (AvgIpc) is 2.38. The first kappa shape index (κ1) is 11.7. The Morgan fingerprint density at radius 1 is 1.22 bits per heavy atom. The van der Waals surface area contributed by atoms with Crippen LogP contribution in [0.25, 0.3) is 0 Å². The summed E-state index contributed by atoms with van der Waals surface area (Å²) in [4.78, 5) is 0. The van der Waals surface area contributed by atoms with Gasteiger partial charge in [0.05, 0.1) is 17.2 Å². The predicted molar refractivity (Wildman–Crippen MR) is 68.9 cm³/mol. The molecule has 3 rings (SSSR count). The first-order chi connectivity index (χ1) is 8.71. The fourth-order valence-electron chi connectivity index (χ4n) is 3.54. The summed E-state index contributed by atoms with van der Waals surface area (Å²) >= 11 is 0. The number of fused-ring (bicyclic) bond motifs is 2. The number of piperidine rings is 2. The average molecular weight is 242 g/mol. The van der Waals surface area contributed by atoms with Crippen molar-refractivity contribution in [1.29, 1.82) is 5.26 Å². The van der Waals surface area contributed by atoms with Gasteiger partial charge in [-0.15, -0.1) is 0 Å². The highest BCUT2D eigenvalue weighted by Crippen LogP contribution is 2.40. The van der Waals surface area contributed by atoms with Gasteiger partial charge >= 0.3 is 0 Å². The standard InChI is InChI=1S/C15H18N2O/c16-10-11-4-1-2-7-14(11)15(18)8-12-5-3-6-13(9-15)17-12/h1-2,4,7,12-13,17-18H,3,5-6,8-9H2. The summed E-state index contributed by atoms with van der Waals surface area (Å²) in [6, 6.07) is 10.5. The van der Waals surface area contributed by atoms with E-state index in [0.29, 0.717) is 17.6 Å². The number of nitriles is 1. The van der Waals surface area contributed by atoms with Crippen LogP contribution in [-0.4, -0.2) is 17.2 Å². The molecular formula is C15H18N2O. The lowest BCUT2D eigenvalue weighted by molar-refractivity contribution is -0.0360. The molecule has 1 aromatic carbocycles. The molecule has 2 aliphatic heterocycles. The van der Waals surface area contributed by atoms with Crippen molar-refractivity contribution in [2.75, 3.05) is 0 Å². The Labute approximate surface area is 107 Å². The maximum Gasteiger partial charge on any atom is 0.0995 e. The van der Waals surface area contributed by atoms with E-state index in [4.69, 9.17) is 0 Å². The molecule has 2 bridgehead atoms. The lowest BCUT2D eigenvalue weighted by Gasteiger charge is -2.45. The second-order valence-corrected chi connectivity index (χ2v) is 5.59. The first-order valence-electron chi connectivity index (χ1n) is 6.69. The van der Waals surface area contributed by atoms with Crippen molar-refractivity contribution < 1.29 is 5.11 Å². The molecule has 3 nitrogen and oxygen atoms in total. The zero-order chi connectivity index (χ0) is 12.6. The molecular weight excluding hydrogens is 224 g/mol. The zero-order valence-electron chi connectivity index (χ0n) is 10.4. The highest BCUT2D eigenvalue weighted by atomic mass is 16.3. The summed E-state index contributed by atoms with van der Waals surface area (Å²) in [7, 11) is 0. The smallest absolute Gasteiger partial charge is 0.0995 e. The van der Waals surface area contributed by atoms with Crippen LogP contribution < -0.4 is 5.32 Å². The van der Waals surface area contributed by atoms with E-state index in [1.807, 2.05) is 18.2 Å². The molecule has 2 saturated heterocycles. The van der Waals surface area contributed by atoms with Crippen LogP contribution in [0.5, 0.6) is 0 Å². The van der Waals surface area contributed by atoms with Gasteiger partial charge in [-0.1, -0.05) is 24.6 Å². The highest BCUT2D eigenvalue weighted by molar-refractivity contribution is 5.41. The van der Waals surface area contributed by atoms with Crippen LogP contribution in [0.3, 0.4) is 0 Å². The molecule has 2 fully saturated rings. The summed E-state index contributed by atoms with van der Waals surface area (Å²) in [5.41, 5.74) is 0.596. The summed E-state index contributed by atoms with van der Waals surface area (Å²) in [5, 5.41) is 23.7. The lowest BCUT2D eigenvalue weighted by Crippen LogP contribution is -2.54. The fourth-order valence-corrected chi connectivity index (χ4v) is 3.54. The van der Waals surface area contributed by atoms with E-state index in [1.165, 1.54) is 6.42 Å². The third-order valence-electron chi connectivity index (χ3n) is 4.29. The Morgan fingerprint density at radius 2 is 1.89 bits per heavy atom. The van der Waals surface area contributed by atoms with Gasteiger partial charge in [0.15, 0.2) is 0 Å². The van der Waals surface area contributed by atoms with E-state index in [1.54, 1.807) is 6.07 Å². The molecule has 0 spiro atoms. The summed E-state index contributed by atoms with van der Waals surface area (Å²) in [6.45, 7) is 0. The molecule has 0 aliphatic carbocycles. The van der Waals surface area contributed by atoms with Gasteiger partial charge < -0.3 is 10.4 Å². The Hall–Kier alpha value is -1.37. The predicted octanol–water partition coefficient (Wildman–Crippen LogP) is 2.05. The Balaban J connectivity index is 1.97. The molecule has 0 saturated carbocycles. The van der Waals surface area contributed by atoms with Crippen molar-refractivity contribution in [2.45, 2.75) is 49.8 Å². The van der Waals surface area contributed by atoms with Crippen molar-refractivity contribution in [2.24, 2.45) is 0 Å². The second kappa shape index (κ2) is 4.38. The molecule has 1 aromatic rings. The number of benzene rings is 1. The Bertz CT molecular complexity index is 480. The first-order valence-corrected chi connectivity index (χ1v) is 6.69. The quantitative estimate of drug-likeness (QED) is 0.792. The highest BCUT2D eigenvalue weighted by Gasteiger charge is 2.42. The van der Waals surface area contributed by atoms with Gasteiger partial charge in [0.2, 0.25) is 0 Å². The van der Waals surface area contributed by atoms with E-state index in [-0.39, 0.29) is 0 Å². The van der Waals surface area contributed by atoms with Crippen LogP contribution in [-0.2, 0) is 5.60 Å². The number of nitrogens with one attached hydrogen (secondary N) is 1. The summed E-state index contributed by atoms with van der Waals surface area (Å²) in [5.74, 6) is 0. The van der Waals surface area contributed by atoms with Crippen molar-refractivity contribution in [3.8, 4) is 6.07 Å². The van der Waals surface area contributed by atoms with E-state index in [0.717, 1.165) is 31.2 Å². The van der Waals surface area contributed by atoms with E-state index in [9.17, 15) is 10.4 Å². The maximum absolute atomic E-state index is 11.0. The van der Waals surface area contributed by atoms with Crippen LogP contribution in [0.2, 0.25) is 0 Å². The van der Waals surface area contributed by atoms with Crippen LogP contribution in [0.1, 0.15) is 43.2 Å². The molecule has 2 atom stereocenters. The van der Waals surface area contributed by atoms with E-state index in [2.05, 4.69) is 11.4 Å². The summed E-state index contributed by atoms with van der Waals surface area (Å²) < 4.78 is 0. The largest absolute Gasteiger partial charge is 0.385 e. The van der Waals surface area contributed by atoms with Crippen molar-refractivity contribution in [3.05, 3.63) is 35.4 Å². The van der Waals surface area contributed by atoms with Gasteiger partial charge in [-0.25, -0.2) is 0 Å². The minimum Gasteiger partial charge on any atom is -0.385 e. The molecule has 0 amide bonds. The molecule has 2 N–H and O–H groups in total. The van der Waals surface area contributed by atoms with Gasteiger partial charge in [-0.2, -0.15) is 5.26 Å². The monoisotopic (exact) mass is 242 g/mol. The van der Waals surface area contributed by atoms with Crippen LogP contribution in [0, 0.1) is 11.3 Å². The zero-order valence-corrected chi connectivity index (χ0v) is 10.4. The normalized spacial score (nSPS) is 34.9. The van der Waals surface area contributed by atoms with Gasteiger partial charge in [-0.3, -0.25) is 0 Å². The molecule has 2 unspecified atom stereocenters. The maximum atomic E-state index is 11.0. The minimum absolute atomic E-state index is 0.397. The lowest BCUT2D eigenvalue weighted by atomic mass is 9.73. The van der Waals surface area contributed by atoms with Gasteiger partial charge in [0, 0.05) is 17.6 Å². The summed E-state index contributed by atoms with van der Waals surface area (Å²) in [6.07, 6.45) is 4.96. The van der Waals surface area contributed by atoms with E-state index >= 15 is 0 Å². The van der Waals surface area contributed by atoms with Crippen molar-refractivity contribution >= 4 is 0 Å². The van der Waals surface area contributed by atoms with Crippen molar-refractivity contribution in [3.63, 3.8) is 0 Å². The van der Waals surface area contributed by atoms with Crippen LogP contribution >= 0.6 is 0 Å². The number of aliphatic hydroxyl groups is 1. The number of hydrogen-bond donors (Lipinski definition) is 2. The van der Waals surface area contributed by atoms with Crippen LogP contribution in [0.15, 0.2) is 24.3 Å². The number of nitrogens with zero attached hydrogens (tertiary/aromatic N) is 1. The number of hydrogen-bond acceptors (Lipinski definition) is 3. The molecule has 2 heterocycles. The second-order valence-electron chi connectivity index (χ2n) is 5.59. The SMILES string of the molecule is N#Cc1ccccc1C1(O)CC2CCCC(C1)N2.